The molecule has 0 aliphatic rings. The van der Waals surface area contributed by atoms with E-state index in [0.717, 1.165) is 0 Å². The van der Waals surface area contributed by atoms with Gasteiger partial charge in [0.1, 0.15) is 0 Å². The smallest absolute Gasteiger partial charge is 0.187 e. The molecule has 0 aliphatic carbocycles. The van der Waals surface area contributed by atoms with Crippen LogP contribution in [0.1, 0.15) is 6.92 Å². The van der Waals surface area contributed by atoms with Crippen molar-refractivity contribution in [3.63, 3.8) is 0 Å². The molecule has 0 fully saturated rings. The molecule has 0 rings (SSSR count). The molecule has 0 aromatic heterocycles. The Balaban J connectivity index is 0. The molecule has 1 N–H and O–H groups in total. The molecule has 0 aromatic carbocycles. The number of hydrogen-bond acceptors (Lipinski definition) is 1. The molecule has 0 aliphatic heterocycles. The SMILES string of the molecule is CC(O)[N+](C)(C)C.[SiH4]. The lowest BCUT2D eigenvalue weighted by Crippen LogP contribution is -2.42. The summed E-state index contributed by atoms with van der Waals surface area (Å²) in [5.74, 6) is 0. The van der Waals surface area contributed by atoms with Crippen LogP contribution in [-0.2, 0) is 0 Å². The van der Waals surface area contributed by atoms with E-state index < -0.39 is 0 Å². The Morgan fingerprint density at radius 2 is 1.38 bits per heavy atom. The van der Waals surface area contributed by atoms with Gasteiger partial charge in [0.2, 0.25) is 0 Å². The first-order valence-electron chi connectivity index (χ1n) is 2.44. The van der Waals surface area contributed by atoms with E-state index in [1.807, 2.05) is 21.1 Å². The zero-order chi connectivity index (χ0) is 6.08. The Morgan fingerprint density at radius 3 is 1.38 bits per heavy atom. The van der Waals surface area contributed by atoms with Gasteiger partial charge in [0.25, 0.3) is 0 Å². The zero-order valence-electron chi connectivity index (χ0n) is 5.47. The summed E-state index contributed by atoms with van der Waals surface area (Å²) in [5.41, 5.74) is 0. The van der Waals surface area contributed by atoms with Crippen molar-refractivity contribution < 1.29 is 9.59 Å². The lowest BCUT2D eigenvalue weighted by atomic mass is 10.5. The van der Waals surface area contributed by atoms with E-state index >= 15 is 0 Å². The lowest BCUT2D eigenvalue weighted by Gasteiger charge is -2.26. The average Bonchev–Trinajstić information content (AvgIpc) is 1.31. The number of quaternary nitrogens is 1. The maximum absolute atomic E-state index is 8.86. The highest BCUT2D eigenvalue weighted by atomic mass is 28.1. The average molecular weight is 136 g/mol. The van der Waals surface area contributed by atoms with Crippen molar-refractivity contribution in [1.82, 2.24) is 0 Å². The fourth-order valence-electron chi connectivity index (χ4n) is 0. The third kappa shape index (κ3) is 4.30. The van der Waals surface area contributed by atoms with Crippen LogP contribution in [0.15, 0.2) is 0 Å². The van der Waals surface area contributed by atoms with Crippen LogP contribution in [0.3, 0.4) is 0 Å². The van der Waals surface area contributed by atoms with Crippen LogP contribution in [-0.4, -0.2) is 47.9 Å². The van der Waals surface area contributed by atoms with Gasteiger partial charge in [0.15, 0.2) is 6.23 Å². The Hall–Kier alpha value is 0.137. The molecule has 1 unspecified atom stereocenters. The van der Waals surface area contributed by atoms with Crippen molar-refractivity contribution in [1.29, 1.82) is 0 Å². The first-order valence-corrected chi connectivity index (χ1v) is 2.44. The van der Waals surface area contributed by atoms with Crippen molar-refractivity contribution >= 4 is 11.0 Å². The van der Waals surface area contributed by atoms with Gasteiger partial charge in [0, 0.05) is 6.92 Å². The van der Waals surface area contributed by atoms with E-state index in [1.165, 1.54) is 0 Å². The van der Waals surface area contributed by atoms with Crippen LogP contribution in [0.2, 0.25) is 0 Å². The van der Waals surface area contributed by atoms with Gasteiger partial charge in [-0.2, -0.15) is 0 Å². The first kappa shape index (κ1) is 11.0. The van der Waals surface area contributed by atoms with Crippen LogP contribution < -0.4 is 0 Å². The van der Waals surface area contributed by atoms with Crippen LogP contribution in [0.4, 0.5) is 0 Å². The van der Waals surface area contributed by atoms with E-state index in [0.29, 0.717) is 4.48 Å². The molecule has 0 heterocycles. The summed E-state index contributed by atoms with van der Waals surface area (Å²) in [7, 11) is 5.85. The highest BCUT2D eigenvalue weighted by Crippen LogP contribution is 1.94. The highest BCUT2D eigenvalue weighted by molar-refractivity contribution is 5.75. The molecule has 2 nitrogen and oxygen atoms in total. The highest BCUT2D eigenvalue weighted by Gasteiger charge is 2.12. The maximum atomic E-state index is 8.86. The molecule has 0 bridgehead atoms. The third-order valence-electron chi connectivity index (χ3n) is 1.12. The number of aliphatic hydroxyl groups is 1. The van der Waals surface area contributed by atoms with Gasteiger partial charge >= 0.3 is 0 Å². The van der Waals surface area contributed by atoms with Gasteiger partial charge < -0.3 is 9.59 Å². The molecule has 3 heteroatoms. The van der Waals surface area contributed by atoms with E-state index in [-0.39, 0.29) is 17.2 Å². The van der Waals surface area contributed by atoms with Crippen LogP contribution in [0.25, 0.3) is 0 Å². The summed E-state index contributed by atoms with van der Waals surface area (Å²) in [6, 6.07) is 0. The fraction of sp³-hybridized carbons (Fsp3) is 1.00. The summed E-state index contributed by atoms with van der Waals surface area (Å²) in [6.07, 6.45) is -0.264. The van der Waals surface area contributed by atoms with Crippen LogP contribution in [0, 0.1) is 0 Å². The van der Waals surface area contributed by atoms with Gasteiger partial charge in [0.05, 0.1) is 21.1 Å². The molecule has 0 spiro atoms. The number of rotatable bonds is 1. The molecular formula is C5H18NOSi+. The summed E-state index contributed by atoms with van der Waals surface area (Å²) in [5, 5.41) is 8.86. The van der Waals surface area contributed by atoms with Crippen molar-refractivity contribution in [3.05, 3.63) is 0 Å². The second-order valence-electron chi connectivity index (χ2n) is 2.75. The van der Waals surface area contributed by atoms with Crippen LogP contribution in [0.5, 0.6) is 0 Å². The number of nitrogens with zero attached hydrogens (tertiary/aromatic N) is 1. The number of hydrogen-bond donors (Lipinski definition) is 1. The Kier molecular flexibility index (Phi) is 4.43. The van der Waals surface area contributed by atoms with Gasteiger partial charge in [-0.05, 0) is 11.0 Å². The number of aliphatic hydroxyl groups excluding tert-OH is 1. The van der Waals surface area contributed by atoms with Crippen LogP contribution >= 0.6 is 0 Å². The molecule has 0 aromatic rings. The molecule has 52 valence electrons. The summed E-state index contributed by atoms with van der Waals surface area (Å²) < 4.78 is 0.611. The normalized spacial score (nSPS) is 14.6. The largest absolute Gasteiger partial charge is 0.345 e. The Bertz CT molecular complexity index is 57.9. The predicted octanol–water partition coefficient (Wildman–Crippen LogP) is -1.42. The Morgan fingerprint density at radius 1 is 1.25 bits per heavy atom. The second kappa shape index (κ2) is 3.22. The molecule has 0 saturated heterocycles. The molecule has 0 amide bonds. The van der Waals surface area contributed by atoms with Crippen molar-refractivity contribution in [2.24, 2.45) is 0 Å². The molecule has 1 atom stereocenters. The lowest BCUT2D eigenvalue weighted by molar-refractivity contribution is -0.916. The fourth-order valence-corrected chi connectivity index (χ4v) is 0. The zero-order valence-corrected chi connectivity index (χ0v) is 5.47. The van der Waals surface area contributed by atoms with E-state index in [9.17, 15) is 0 Å². The second-order valence-corrected chi connectivity index (χ2v) is 2.75. The molecule has 0 radical (unpaired) electrons. The van der Waals surface area contributed by atoms with E-state index in [2.05, 4.69) is 0 Å². The summed E-state index contributed by atoms with van der Waals surface area (Å²) in [6.45, 7) is 1.78. The van der Waals surface area contributed by atoms with Crippen molar-refractivity contribution in [2.45, 2.75) is 13.2 Å². The maximum Gasteiger partial charge on any atom is 0.187 e. The van der Waals surface area contributed by atoms with Crippen molar-refractivity contribution in [2.75, 3.05) is 21.1 Å². The molecular weight excluding hydrogens is 118 g/mol. The molecule has 8 heavy (non-hydrogen) atoms. The topological polar surface area (TPSA) is 20.2 Å². The first-order chi connectivity index (χ1) is 2.94. The van der Waals surface area contributed by atoms with Gasteiger partial charge in [-0.15, -0.1) is 0 Å². The predicted molar refractivity (Wildman–Crippen MR) is 41.0 cm³/mol. The minimum Gasteiger partial charge on any atom is -0.345 e. The molecule has 0 saturated carbocycles. The van der Waals surface area contributed by atoms with Gasteiger partial charge in [-0.1, -0.05) is 0 Å². The van der Waals surface area contributed by atoms with Crippen molar-refractivity contribution in [3.8, 4) is 0 Å². The van der Waals surface area contributed by atoms with E-state index in [1.54, 1.807) is 6.92 Å². The van der Waals surface area contributed by atoms with E-state index in [4.69, 9.17) is 5.11 Å². The van der Waals surface area contributed by atoms with Gasteiger partial charge in [-0.25, -0.2) is 0 Å². The third-order valence-corrected chi connectivity index (χ3v) is 1.12. The quantitative estimate of drug-likeness (QED) is 0.266. The standard InChI is InChI=1S/C5H14NO.H4Si/c1-5(7)6(2,3)4;/h5,7H,1-4H3;1H4/q+1;. The minimum absolute atomic E-state index is 0. The monoisotopic (exact) mass is 136 g/mol. The van der Waals surface area contributed by atoms with Gasteiger partial charge in [-0.3, -0.25) is 0 Å². The summed E-state index contributed by atoms with van der Waals surface area (Å²) in [4.78, 5) is 0. The Labute approximate surface area is 55.7 Å². The summed E-state index contributed by atoms with van der Waals surface area (Å²) >= 11 is 0. The minimum atomic E-state index is -0.264.